The van der Waals surface area contributed by atoms with E-state index in [1.54, 1.807) is 28.2 Å². The van der Waals surface area contributed by atoms with Crippen LogP contribution in [0.5, 0.6) is 5.75 Å². The van der Waals surface area contributed by atoms with Gasteiger partial charge in [-0.05, 0) is 66.0 Å². The predicted molar refractivity (Wildman–Crippen MR) is 144 cm³/mol. The maximum atomic E-state index is 13.4. The molecule has 176 valence electrons. The number of amides is 1. The Morgan fingerprint density at radius 1 is 1.06 bits per heavy atom. The molecule has 5 rings (SSSR count). The van der Waals surface area contributed by atoms with Crippen molar-refractivity contribution in [1.82, 2.24) is 19.6 Å². The highest BCUT2D eigenvalue weighted by atomic mass is 32.1. The molecule has 1 aliphatic rings. The van der Waals surface area contributed by atoms with Crippen LogP contribution in [0.2, 0.25) is 0 Å². The van der Waals surface area contributed by atoms with Gasteiger partial charge in [-0.3, -0.25) is 9.69 Å². The van der Waals surface area contributed by atoms with Crippen LogP contribution < -0.4 is 4.74 Å². The zero-order valence-corrected chi connectivity index (χ0v) is 21.1. The molecule has 4 aromatic rings. The van der Waals surface area contributed by atoms with Crippen LogP contribution in [0.25, 0.3) is 22.3 Å². The van der Waals surface area contributed by atoms with Crippen LogP contribution >= 0.6 is 23.6 Å². The van der Waals surface area contributed by atoms with Crippen molar-refractivity contribution in [2.24, 2.45) is 0 Å². The molecule has 1 aliphatic heterocycles. The first-order valence-electron chi connectivity index (χ1n) is 11.2. The minimum atomic E-state index is -0.101. The number of nitrogens with zero attached hydrogens (tertiary/aromatic N) is 4. The summed E-state index contributed by atoms with van der Waals surface area (Å²) in [5.74, 6) is 0.708. The fraction of sp³-hybridized carbons (Fsp3) is 0.148. The number of carbonyl (C=O) groups excluding carboxylic acids is 1. The summed E-state index contributed by atoms with van der Waals surface area (Å²) in [7, 11) is 3.49. The van der Waals surface area contributed by atoms with E-state index in [0.29, 0.717) is 23.8 Å². The third-order valence-electron chi connectivity index (χ3n) is 5.94. The molecule has 0 saturated carbocycles. The lowest BCUT2D eigenvalue weighted by Gasteiger charge is -2.16. The second kappa shape index (κ2) is 9.85. The molecule has 8 heteroatoms. The Hall–Kier alpha value is -3.75. The molecule has 1 fully saturated rings. The molecule has 0 spiro atoms. The van der Waals surface area contributed by atoms with Gasteiger partial charge in [0, 0.05) is 25.4 Å². The van der Waals surface area contributed by atoms with E-state index in [-0.39, 0.29) is 5.91 Å². The van der Waals surface area contributed by atoms with Crippen LogP contribution in [-0.4, -0.2) is 51.3 Å². The van der Waals surface area contributed by atoms with Crippen LogP contribution in [0.1, 0.15) is 11.1 Å². The molecular weight excluding hydrogens is 476 g/mol. The van der Waals surface area contributed by atoms with E-state index in [1.807, 2.05) is 96.1 Å². The number of methoxy groups -OCH3 is 1. The van der Waals surface area contributed by atoms with Gasteiger partial charge in [-0.2, -0.15) is 5.10 Å². The molecule has 0 radical (unpaired) electrons. The summed E-state index contributed by atoms with van der Waals surface area (Å²) in [6, 6.07) is 21.8. The molecular formula is C27H24N4O2S2. The molecule has 1 amide bonds. The number of likely N-dealkylation sites (N-methyl/N-ethyl adjacent to an activating group) is 1. The zero-order valence-electron chi connectivity index (χ0n) is 19.4. The van der Waals surface area contributed by atoms with Gasteiger partial charge in [0.2, 0.25) is 0 Å². The number of hydrogen-bond acceptors (Lipinski definition) is 5. The largest absolute Gasteiger partial charge is 0.497 e. The lowest BCUT2D eigenvalue weighted by molar-refractivity contribution is -0.122. The number of ether oxygens (including phenoxy) is 1. The third-order valence-corrected chi connectivity index (χ3v) is 7.31. The Kier molecular flexibility index (Phi) is 6.48. The van der Waals surface area contributed by atoms with Crippen LogP contribution in [0.15, 0.2) is 84.0 Å². The monoisotopic (exact) mass is 500 g/mol. The van der Waals surface area contributed by atoms with E-state index in [2.05, 4.69) is 0 Å². The first-order chi connectivity index (χ1) is 17.0. The minimum absolute atomic E-state index is 0.101. The second-order valence-electron chi connectivity index (χ2n) is 8.12. The summed E-state index contributed by atoms with van der Waals surface area (Å²) in [6.45, 7) is 0.507. The number of benzene rings is 2. The summed E-state index contributed by atoms with van der Waals surface area (Å²) in [6.07, 6.45) is 4.55. The van der Waals surface area contributed by atoms with Gasteiger partial charge in [-0.1, -0.05) is 36.4 Å². The molecule has 0 atom stereocenters. The van der Waals surface area contributed by atoms with Crippen LogP contribution in [0.4, 0.5) is 0 Å². The van der Waals surface area contributed by atoms with E-state index >= 15 is 0 Å². The number of aromatic nitrogens is 2. The van der Waals surface area contributed by atoms with Gasteiger partial charge >= 0.3 is 0 Å². The Morgan fingerprint density at radius 3 is 2.51 bits per heavy atom. The summed E-state index contributed by atoms with van der Waals surface area (Å²) in [5, 5.41) is 7.37. The van der Waals surface area contributed by atoms with Gasteiger partial charge in [0.05, 0.1) is 17.7 Å². The molecule has 0 bridgehead atoms. The van der Waals surface area contributed by atoms with Crippen molar-refractivity contribution in [3.8, 4) is 22.0 Å². The summed E-state index contributed by atoms with van der Waals surface area (Å²) in [4.78, 5) is 17.9. The van der Waals surface area contributed by atoms with Crippen molar-refractivity contribution in [3.63, 3.8) is 0 Å². The molecule has 3 heterocycles. The van der Waals surface area contributed by atoms with Crippen molar-refractivity contribution in [2.75, 3.05) is 20.7 Å². The smallest absolute Gasteiger partial charge is 0.276 e. The molecule has 0 aliphatic carbocycles. The number of thiocarbonyl (C=S) groups is 1. The van der Waals surface area contributed by atoms with E-state index in [4.69, 9.17) is 22.1 Å². The molecule has 0 unspecified atom stereocenters. The fourth-order valence-electron chi connectivity index (χ4n) is 4.00. The Balaban J connectivity index is 1.44. The highest BCUT2D eigenvalue weighted by Gasteiger charge is 2.35. The second-order valence-corrected chi connectivity index (χ2v) is 9.43. The van der Waals surface area contributed by atoms with Crippen LogP contribution in [-0.2, 0) is 11.2 Å². The number of thiophene rings is 1. The maximum Gasteiger partial charge on any atom is 0.276 e. The molecule has 2 aromatic heterocycles. The topological polar surface area (TPSA) is 50.6 Å². The number of rotatable bonds is 7. The van der Waals surface area contributed by atoms with E-state index in [9.17, 15) is 4.79 Å². The van der Waals surface area contributed by atoms with Crippen molar-refractivity contribution >= 4 is 40.7 Å². The number of para-hydroxylation sites is 1. The van der Waals surface area contributed by atoms with Gasteiger partial charge in [-0.15, -0.1) is 11.3 Å². The molecule has 35 heavy (non-hydrogen) atoms. The van der Waals surface area contributed by atoms with Crippen molar-refractivity contribution in [2.45, 2.75) is 6.42 Å². The first kappa shape index (κ1) is 23.0. The first-order valence-corrected chi connectivity index (χ1v) is 12.5. The summed E-state index contributed by atoms with van der Waals surface area (Å²) < 4.78 is 7.07. The van der Waals surface area contributed by atoms with Crippen LogP contribution in [0, 0.1) is 0 Å². The van der Waals surface area contributed by atoms with Gasteiger partial charge in [0.15, 0.2) is 5.11 Å². The summed E-state index contributed by atoms with van der Waals surface area (Å²) >= 11 is 7.25. The van der Waals surface area contributed by atoms with E-state index in [1.165, 1.54) is 0 Å². The average Bonchev–Trinajstić information content (AvgIpc) is 3.61. The number of carbonyl (C=O) groups is 1. The molecule has 2 aromatic carbocycles. The van der Waals surface area contributed by atoms with Crippen molar-refractivity contribution in [1.29, 1.82) is 0 Å². The molecule has 6 nitrogen and oxygen atoms in total. The average molecular weight is 501 g/mol. The van der Waals surface area contributed by atoms with Crippen molar-refractivity contribution < 1.29 is 9.53 Å². The maximum absolute atomic E-state index is 13.4. The van der Waals surface area contributed by atoms with Gasteiger partial charge in [0.25, 0.3) is 5.91 Å². The Morgan fingerprint density at radius 2 is 1.83 bits per heavy atom. The van der Waals surface area contributed by atoms with E-state index in [0.717, 1.165) is 33.1 Å². The molecule has 1 saturated heterocycles. The Labute approximate surface area is 213 Å². The highest BCUT2D eigenvalue weighted by Crippen LogP contribution is 2.31. The number of hydrogen-bond donors (Lipinski definition) is 0. The van der Waals surface area contributed by atoms with Crippen LogP contribution in [0.3, 0.4) is 0 Å². The Bertz CT molecular complexity index is 1380. The van der Waals surface area contributed by atoms with Crippen molar-refractivity contribution in [3.05, 3.63) is 95.1 Å². The van der Waals surface area contributed by atoms with Gasteiger partial charge in [-0.25, -0.2) is 4.68 Å². The zero-order chi connectivity index (χ0) is 24.4. The minimum Gasteiger partial charge on any atom is -0.497 e. The van der Waals surface area contributed by atoms with E-state index < -0.39 is 0 Å². The lowest BCUT2D eigenvalue weighted by atomic mass is 10.1. The summed E-state index contributed by atoms with van der Waals surface area (Å²) in [5.41, 5.74) is 4.31. The van der Waals surface area contributed by atoms with Gasteiger partial charge in [0.1, 0.15) is 17.1 Å². The lowest BCUT2D eigenvalue weighted by Crippen LogP contribution is -2.33. The fourth-order valence-corrected chi connectivity index (χ4v) is 5.00. The quantitative estimate of drug-likeness (QED) is 0.256. The SMILES string of the molecule is COc1ccc(CCN2C(=O)/C(=C/c3cn(-c4ccccc4)nc3-c3cccs3)N(C)C2=S)cc1. The predicted octanol–water partition coefficient (Wildman–Crippen LogP) is 5.25. The molecule has 0 N–H and O–H groups in total. The highest BCUT2D eigenvalue weighted by molar-refractivity contribution is 7.80. The standard InChI is InChI=1S/C27H24N4O2S2/c1-29-23(26(32)30(27(29)34)15-14-19-10-12-22(33-2)13-11-19)17-20-18-31(21-7-4-3-5-8-21)28-25(20)24-9-6-16-35-24/h3-13,16-18H,14-15H2,1-2H3/b23-17-. The normalized spacial score (nSPS) is 14.9. The van der Waals surface area contributed by atoms with Gasteiger partial charge < -0.3 is 9.64 Å². The third kappa shape index (κ3) is 4.62.